The maximum Gasteiger partial charge on any atom is 0.220 e. The van der Waals surface area contributed by atoms with E-state index in [9.17, 15) is 4.79 Å². The van der Waals surface area contributed by atoms with Crippen molar-refractivity contribution in [3.8, 4) is 0 Å². The highest BCUT2D eigenvalue weighted by atomic mass is 16.3. The molecule has 15 heavy (non-hydrogen) atoms. The van der Waals surface area contributed by atoms with Crippen LogP contribution in [0.1, 0.15) is 31.7 Å². The van der Waals surface area contributed by atoms with E-state index in [1.54, 1.807) is 12.5 Å². The molecule has 0 aromatic carbocycles. The van der Waals surface area contributed by atoms with Gasteiger partial charge < -0.3 is 15.5 Å². The first-order valence-corrected chi connectivity index (χ1v) is 5.22. The zero-order valence-electron chi connectivity index (χ0n) is 9.03. The van der Waals surface area contributed by atoms with Crippen LogP contribution in [0, 0.1) is 0 Å². The van der Waals surface area contributed by atoms with Gasteiger partial charge >= 0.3 is 0 Å². The summed E-state index contributed by atoms with van der Waals surface area (Å²) in [6, 6.07) is 2.01. The van der Waals surface area contributed by atoms with Crippen molar-refractivity contribution in [3.05, 3.63) is 24.2 Å². The van der Waals surface area contributed by atoms with Gasteiger partial charge in [0.15, 0.2) is 0 Å². The molecule has 84 valence electrons. The van der Waals surface area contributed by atoms with Crippen molar-refractivity contribution in [2.45, 2.75) is 38.8 Å². The van der Waals surface area contributed by atoms with E-state index in [-0.39, 0.29) is 11.9 Å². The molecule has 0 radical (unpaired) electrons. The zero-order chi connectivity index (χ0) is 11.1. The Hall–Kier alpha value is -1.29. The fourth-order valence-corrected chi connectivity index (χ4v) is 1.27. The van der Waals surface area contributed by atoms with Crippen LogP contribution < -0.4 is 11.1 Å². The van der Waals surface area contributed by atoms with E-state index in [0.717, 1.165) is 18.4 Å². The predicted molar refractivity (Wildman–Crippen MR) is 58.1 cm³/mol. The van der Waals surface area contributed by atoms with Crippen LogP contribution in [0.5, 0.6) is 0 Å². The van der Waals surface area contributed by atoms with Gasteiger partial charge in [-0.3, -0.25) is 4.79 Å². The van der Waals surface area contributed by atoms with Crippen molar-refractivity contribution in [2.24, 2.45) is 5.73 Å². The molecule has 1 amide bonds. The molecule has 1 atom stereocenters. The summed E-state index contributed by atoms with van der Waals surface area (Å²) in [5, 5.41) is 2.82. The van der Waals surface area contributed by atoms with Gasteiger partial charge in [0.2, 0.25) is 5.91 Å². The van der Waals surface area contributed by atoms with Crippen LogP contribution in [0.4, 0.5) is 0 Å². The molecular weight excluding hydrogens is 192 g/mol. The van der Waals surface area contributed by atoms with Crippen LogP contribution in [-0.2, 0) is 11.3 Å². The van der Waals surface area contributed by atoms with Gasteiger partial charge in [0, 0.05) is 24.6 Å². The summed E-state index contributed by atoms with van der Waals surface area (Å²) < 4.78 is 4.89. The van der Waals surface area contributed by atoms with Crippen LogP contribution >= 0.6 is 0 Å². The lowest BCUT2D eigenvalue weighted by molar-refractivity contribution is -0.121. The van der Waals surface area contributed by atoms with E-state index in [0.29, 0.717) is 13.0 Å². The van der Waals surface area contributed by atoms with Crippen molar-refractivity contribution in [1.29, 1.82) is 0 Å². The van der Waals surface area contributed by atoms with Crippen LogP contribution in [0.25, 0.3) is 0 Å². The summed E-state index contributed by atoms with van der Waals surface area (Å²) in [6.07, 6.45) is 5.49. The number of amides is 1. The Morgan fingerprint density at radius 1 is 1.67 bits per heavy atom. The first kappa shape index (κ1) is 11.8. The molecule has 4 nitrogen and oxygen atoms in total. The minimum atomic E-state index is 0.0665. The van der Waals surface area contributed by atoms with Gasteiger partial charge in [0.25, 0.3) is 0 Å². The molecule has 3 N–H and O–H groups in total. The van der Waals surface area contributed by atoms with Crippen LogP contribution in [0.15, 0.2) is 23.0 Å². The second kappa shape index (κ2) is 6.24. The van der Waals surface area contributed by atoms with E-state index in [4.69, 9.17) is 10.2 Å². The Morgan fingerprint density at radius 3 is 3.07 bits per heavy atom. The standard InChI is InChI=1S/C11H18N2O2/c1-9(12)3-2-4-11(14)13-7-10-5-6-15-8-10/h5-6,8-9H,2-4,7,12H2,1H3,(H,13,14). The molecule has 1 rings (SSSR count). The normalized spacial score (nSPS) is 12.4. The van der Waals surface area contributed by atoms with Crippen LogP contribution in [0.2, 0.25) is 0 Å². The number of rotatable bonds is 6. The minimum Gasteiger partial charge on any atom is -0.472 e. The molecule has 0 aliphatic rings. The van der Waals surface area contributed by atoms with Gasteiger partial charge in [-0.25, -0.2) is 0 Å². The lowest BCUT2D eigenvalue weighted by Crippen LogP contribution is -2.23. The summed E-state index contributed by atoms with van der Waals surface area (Å²) in [5.74, 6) is 0.0665. The van der Waals surface area contributed by atoms with E-state index < -0.39 is 0 Å². The van der Waals surface area contributed by atoms with Crippen molar-refractivity contribution >= 4 is 5.91 Å². The van der Waals surface area contributed by atoms with Crippen molar-refractivity contribution in [2.75, 3.05) is 0 Å². The average molecular weight is 210 g/mol. The Morgan fingerprint density at radius 2 is 2.47 bits per heavy atom. The third kappa shape index (κ3) is 5.22. The minimum absolute atomic E-state index is 0.0665. The average Bonchev–Trinajstić information content (AvgIpc) is 2.66. The Labute approximate surface area is 89.8 Å². The zero-order valence-corrected chi connectivity index (χ0v) is 9.03. The van der Waals surface area contributed by atoms with E-state index in [1.807, 2.05) is 13.0 Å². The summed E-state index contributed by atoms with van der Waals surface area (Å²) >= 11 is 0. The second-order valence-corrected chi connectivity index (χ2v) is 3.78. The fourth-order valence-electron chi connectivity index (χ4n) is 1.27. The molecule has 0 saturated carbocycles. The largest absolute Gasteiger partial charge is 0.472 e. The molecule has 0 aliphatic heterocycles. The Kier molecular flexibility index (Phi) is 4.90. The topological polar surface area (TPSA) is 68.3 Å². The third-order valence-corrected chi connectivity index (χ3v) is 2.13. The number of carbonyl (C=O) groups is 1. The molecule has 1 aromatic rings. The number of carbonyl (C=O) groups excluding carboxylic acids is 1. The first-order chi connectivity index (χ1) is 7.18. The lowest BCUT2D eigenvalue weighted by Gasteiger charge is -2.05. The van der Waals surface area contributed by atoms with Gasteiger partial charge in [0.05, 0.1) is 12.5 Å². The van der Waals surface area contributed by atoms with E-state index in [1.165, 1.54) is 0 Å². The Balaban J connectivity index is 2.09. The number of furan rings is 1. The van der Waals surface area contributed by atoms with Crippen molar-refractivity contribution in [3.63, 3.8) is 0 Å². The SMILES string of the molecule is CC(N)CCCC(=O)NCc1ccoc1. The van der Waals surface area contributed by atoms with E-state index in [2.05, 4.69) is 5.32 Å². The molecule has 0 bridgehead atoms. The fraction of sp³-hybridized carbons (Fsp3) is 0.545. The highest BCUT2D eigenvalue weighted by molar-refractivity contribution is 5.75. The summed E-state index contributed by atoms with van der Waals surface area (Å²) in [4.78, 5) is 11.3. The van der Waals surface area contributed by atoms with Gasteiger partial charge in [-0.15, -0.1) is 0 Å². The second-order valence-electron chi connectivity index (χ2n) is 3.78. The summed E-state index contributed by atoms with van der Waals surface area (Å²) in [5.41, 5.74) is 6.57. The molecule has 1 unspecified atom stereocenters. The van der Waals surface area contributed by atoms with Gasteiger partial charge in [-0.2, -0.15) is 0 Å². The highest BCUT2D eigenvalue weighted by Crippen LogP contribution is 2.01. The Bertz CT molecular complexity index is 281. The monoisotopic (exact) mass is 210 g/mol. The smallest absolute Gasteiger partial charge is 0.220 e. The lowest BCUT2D eigenvalue weighted by atomic mass is 10.1. The molecule has 0 spiro atoms. The molecule has 0 fully saturated rings. The van der Waals surface area contributed by atoms with E-state index >= 15 is 0 Å². The van der Waals surface area contributed by atoms with Crippen molar-refractivity contribution in [1.82, 2.24) is 5.32 Å². The quantitative estimate of drug-likeness (QED) is 0.746. The maximum absolute atomic E-state index is 11.3. The predicted octanol–water partition coefficient (Wildman–Crippen LogP) is 1.41. The van der Waals surface area contributed by atoms with Crippen LogP contribution in [-0.4, -0.2) is 11.9 Å². The number of hydrogen-bond acceptors (Lipinski definition) is 3. The van der Waals surface area contributed by atoms with Crippen molar-refractivity contribution < 1.29 is 9.21 Å². The number of hydrogen-bond donors (Lipinski definition) is 2. The third-order valence-electron chi connectivity index (χ3n) is 2.13. The maximum atomic E-state index is 11.3. The van der Waals surface area contributed by atoms with Gasteiger partial charge in [-0.1, -0.05) is 0 Å². The number of nitrogens with one attached hydrogen (secondary N) is 1. The van der Waals surface area contributed by atoms with Crippen LogP contribution in [0.3, 0.4) is 0 Å². The first-order valence-electron chi connectivity index (χ1n) is 5.22. The molecular formula is C11H18N2O2. The molecule has 4 heteroatoms. The summed E-state index contributed by atoms with van der Waals surface area (Å²) in [6.45, 7) is 2.48. The number of nitrogens with two attached hydrogens (primary N) is 1. The van der Waals surface area contributed by atoms with Gasteiger partial charge in [-0.05, 0) is 25.8 Å². The molecule has 0 saturated heterocycles. The molecule has 0 aliphatic carbocycles. The molecule has 1 aromatic heterocycles. The van der Waals surface area contributed by atoms with Gasteiger partial charge in [0.1, 0.15) is 0 Å². The summed E-state index contributed by atoms with van der Waals surface area (Å²) in [7, 11) is 0. The highest BCUT2D eigenvalue weighted by Gasteiger charge is 2.02. The molecule has 1 heterocycles.